The van der Waals surface area contributed by atoms with Crippen molar-refractivity contribution in [2.45, 2.75) is 26.4 Å². The van der Waals surface area contributed by atoms with Crippen molar-refractivity contribution in [3.8, 4) is 0 Å². The Morgan fingerprint density at radius 3 is 2.57 bits per heavy atom. The van der Waals surface area contributed by atoms with Gasteiger partial charge in [0.1, 0.15) is 0 Å². The van der Waals surface area contributed by atoms with Crippen LogP contribution in [0, 0.1) is 0 Å². The van der Waals surface area contributed by atoms with Crippen molar-refractivity contribution in [1.29, 1.82) is 0 Å². The molecular formula is C19H30N6O2S. The van der Waals surface area contributed by atoms with E-state index in [9.17, 15) is 8.42 Å². The standard InChI is InChI=1S/C19H30N6O2S/c1-4-25(28(3,26)27)14-7-11-21-19(20-2)22-15-17-9-5-6-10-18(17)16-24-13-8-12-23-24/h5-6,8-10,12-13H,4,7,11,14-16H2,1-3H3,(H2,20,21,22). The van der Waals surface area contributed by atoms with Crippen LogP contribution in [0.25, 0.3) is 0 Å². The van der Waals surface area contributed by atoms with Gasteiger partial charge in [-0.1, -0.05) is 31.2 Å². The highest BCUT2D eigenvalue weighted by Crippen LogP contribution is 2.10. The number of hydrogen-bond acceptors (Lipinski definition) is 4. The first kappa shape index (κ1) is 21.9. The van der Waals surface area contributed by atoms with Crippen molar-refractivity contribution in [1.82, 2.24) is 24.7 Å². The molecule has 9 heteroatoms. The predicted octanol–water partition coefficient (Wildman–Crippen LogP) is 1.27. The van der Waals surface area contributed by atoms with Gasteiger partial charge in [0.05, 0.1) is 12.8 Å². The Bertz CT molecular complexity index is 849. The second-order valence-electron chi connectivity index (χ2n) is 6.43. The van der Waals surface area contributed by atoms with Crippen LogP contribution < -0.4 is 10.6 Å². The third-order valence-corrected chi connectivity index (χ3v) is 5.76. The van der Waals surface area contributed by atoms with Gasteiger partial charge in [-0.15, -0.1) is 0 Å². The Balaban J connectivity index is 1.83. The number of nitrogens with zero attached hydrogens (tertiary/aromatic N) is 4. The first-order valence-corrected chi connectivity index (χ1v) is 11.2. The molecule has 1 aromatic heterocycles. The number of aliphatic imine (C=N–C) groups is 1. The molecule has 0 aliphatic carbocycles. The monoisotopic (exact) mass is 406 g/mol. The van der Waals surface area contributed by atoms with Gasteiger partial charge in [0, 0.05) is 45.6 Å². The van der Waals surface area contributed by atoms with Gasteiger partial charge in [0.25, 0.3) is 0 Å². The summed E-state index contributed by atoms with van der Waals surface area (Å²) in [4.78, 5) is 4.24. The normalized spacial score (nSPS) is 12.4. The molecule has 154 valence electrons. The number of aromatic nitrogens is 2. The summed E-state index contributed by atoms with van der Waals surface area (Å²) in [6.07, 6.45) is 5.67. The molecule has 2 rings (SSSR count). The number of benzene rings is 1. The quantitative estimate of drug-likeness (QED) is 0.352. The number of nitrogens with one attached hydrogen (secondary N) is 2. The van der Waals surface area contributed by atoms with E-state index in [1.54, 1.807) is 13.2 Å². The van der Waals surface area contributed by atoms with Crippen molar-refractivity contribution in [3.63, 3.8) is 0 Å². The van der Waals surface area contributed by atoms with Crippen LogP contribution in [0.1, 0.15) is 24.5 Å². The molecule has 0 atom stereocenters. The minimum absolute atomic E-state index is 0.485. The molecule has 0 fully saturated rings. The van der Waals surface area contributed by atoms with E-state index < -0.39 is 10.0 Å². The number of guanidine groups is 1. The number of rotatable bonds is 10. The predicted molar refractivity (Wildman–Crippen MR) is 113 cm³/mol. The van der Waals surface area contributed by atoms with E-state index in [-0.39, 0.29) is 0 Å². The molecule has 1 heterocycles. The fraction of sp³-hybridized carbons (Fsp3) is 0.474. The van der Waals surface area contributed by atoms with Crippen LogP contribution in [0.3, 0.4) is 0 Å². The fourth-order valence-corrected chi connectivity index (χ4v) is 3.80. The summed E-state index contributed by atoms with van der Waals surface area (Å²) >= 11 is 0. The summed E-state index contributed by atoms with van der Waals surface area (Å²) in [5, 5.41) is 10.8. The topological polar surface area (TPSA) is 91.6 Å². The molecule has 0 saturated heterocycles. The maximum Gasteiger partial charge on any atom is 0.211 e. The van der Waals surface area contributed by atoms with Gasteiger partial charge in [0.2, 0.25) is 10.0 Å². The van der Waals surface area contributed by atoms with Gasteiger partial charge in [-0.25, -0.2) is 12.7 Å². The zero-order valence-corrected chi connectivity index (χ0v) is 17.6. The van der Waals surface area contributed by atoms with Gasteiger partial charge in [-0.3, -0.25) is 9.67 Å². The Morgan fingerprint density at radius 2 is 1.96 bits per heavy atom. The number of hydrogen-bond donors (Lipinski definition) is 2. The van der Waals surface area contributed by atoms with E-state index in [0.717, 1.165) is 6.54 Å². The minimum Gasteiger partial charge on any atom is -0.356 e. The molecule has 0 aliphatic rings. The zero-order chi connectivity index (χ0) is 20.4. The summed E-state index contributed by atoms with van der Waals surface area (Å²) in [6, 6.07) is 10.1. The summed E-state index contributed by atoms with van der Waals surface area (Å²) in [5.41, 5.74) is 2.37. The van der Waals surface area contributed by atoms with E-state index in [0.29, 0.717) is 38.6 Å². The van der Waals surface area contributed by atoms with Crippen molar-refractivity contribution >= 4 is 16.0 Å². The Kier molecular flexibility index (Phi) is 8.46. The van der Waals surface area contributed by atoms with Crippen molar-refractivity contribution < 1.29 is 8.42 Å². The first-order valence-electron chi connectivity index (χ1n) is 9.38. The molecule has 0 amide bonds. The highest BCUT2D eigenvalue weighted by molar-refractivity contribution is 7.88. The SMILES string of the molecule is CCN(CCCNC(=NC)NCc1ccccc1Cn1cccn1)S(C)(=O)=O. The maximum atomic E-state index is 11.6. The van der Waals surface area contributed by atoms with E-state index in [4.69, 9.17) is 0 Å². The van der Waals surface area contributed by atoms with Gasteiger partial charge in [0.15, 0.2) is 5.96 Å². The molecule has 0 unspecified atom stereocenters. The molecule has 0 aliphatic heterocycles. The van der Waals surface area contributed by atoms with Gasteiger partial charge >= 0.3 is 0 Å². The van der Waals surface area contributed by atoms with Gasteiger partial charge in [-0.05, 0) is 23.6 Å². The van der Waals surface area contributed by atoms with Gasteiger partial charge < -0.3 is 10.6 Å². The van der Waals surface area contributed by atoms with Crippen LogP contribution in [0.2, 0.25) is 0 Å². The molecule has 1 aromatic carbocycles. The summed E-state index contributed by atoms with van der Waals surface area (Å²) in [7, 11) is -1.42. The first-order chi connectivity index (χ1) is 13.4. The van der Waals surface area contributed by atoms with Crippen molar-refractivity contribution in [2.24, 2.45) is 4.99 Å². The van der Waals surface area contributed by atoms with Crippen LogP contribution in [-0.4, -0.2) is 61.4 Å². The molecular weight excluding hydrogens is 376 g/mol. The maximum absolute atomic E-state index is 11.6. The molecule has 0 saturated carbocycles. The Hall–Kier alpha value is -2.39. The second kappa shape index (κ2) is 10.8. The molecule has 2 aromatic rings. The van der Waals surface area contributed by atoms with Crippen LogP contribution in [0.4, 0.5) is 0 Å². The molecule has 2 N–H and O–H groups in total. The Labute approximate surface area is 167 Å². The van der Waals surface area contributed by atoms with Crippen LogP contribution in [0.5, 0.6) is 0 Å². The highest BCUT2D eigenvalue weighted by atomic mass is 32.2. The lowest BCUT2D eigenvalue weighted by Gasteiger charge is -2.18. The third-order valence-electron chi connectivity index (χ3n) is 4.38. The lowest BCUT2D eigenvalue weighted by atomic mass is 10.1. The third kappa shape index (κ3) is 6.97. The van der Waals surface area contributed by atoms with E-state index in [1.165, 1.54) is 21.7 Å². The average molecular weight is 407 g/mol. The lowest BCUT2D eigenvalue weighted by molar-refractivity contribution is 0.424. The number of sulfonamides is 1. The van der Waals surface area contributed by atoms with Crippen LogP contribution in [0.15, 0.2) is 47.7 Å². The lowest BCUT2D eigenvalue weighted by Crippen LogP contribution is -2.39. The van der Waals surface area contributed by atoms with E-state index >= 15 is 0 Å². The second-order valence-corrected chi connectivity index (χ2v) is 8.42. The van der Waals surface area contributed by atoms with Crippen LogP contribution in [-0.2, 0) is 23.1 Å². The summed E-state index contributed by atoms with van der Waals surface area (Å²) in [6.45, 7) is 4.82. The van der Waals surface area contributed by atoms with E-state index in [1.807, 2.05) is 36.0 Å². The molecule has 28 heavy (non-hydrogen) atoms. The highest BCUT2D eigenvalue weighted by Gasteiger charge is 2.13. The minimum atomic E-state index is -3.14. The smallest absolute Gasteiger partial charge is 0.211 e. The average Bonchev–Trinajstić information content (AvgIpc) is 3.17. The zero-order valence-electron chi connectivity index (χ0n) is 16.8. The van der Waals surface area contributed by atoms with E-state index in [2.05, 4.69) is 32.9 Å². The molecule has 0 bridgehead atoms. The summed E-state index contributed by atoms with van der Waals surface area (Å²) in [5.74, 6) is 0.691. The molecule has 0 radical (unpaired) electrons. The Morgan fingerprint density at radius 1 is 1.21 bits per heavy atom. The largest absolute Gasteiger partial charge is 0.356 e. The van der Waals surface area contributed by atoms with Crippen molar-refractivity contribution in [3.05, 3.63) is 53.9 Å². The van der Waals surface area contributed by atoms with Gasteiger partial charge in [-0.2, -0.15) is 5.10 Å². The molecule has 0 spiro atoms. The summed E-state index contributed by atoms with van der Waals surface area (Å²) < 4.78 is 26.6. The van der Waals surface area contributed by atoms with Crippen molar-refractivity contribution in [2.75, 3.05) is 32.9 Å². The van der Waals surface area contributed by atoms with Crippen LogP contribution >= 0.6 is 0 Å². The fourth-order valence-electron chi connectivity index (χ4n) is 2.87. The molecule has 8 nitrogen and oxygen atoms in total.